The minimum Gasteiger partial charge on any atom is -0.444 e. The van der Waals surface area contributed by atoms with Crippen molar-refractivity contribution in [1.82, 2.24) is 10.6 Å². The summed E-state index contributed by atoms with van der Waals surface area (Å²) in [7, 11) is 1.51. The average molecular weight is 332 g/mol. The highest BCUT2D eigenvalue weighted by molar-refractivity contribution is 5.90. The summed E-state index contributed by atoms with van der Waals surface area (Å²) in [6, 6.07) is 7.16. The van der Waals surface area contributed by atoms with Crippen LogP contribution in [0.15, 0.2) is 18.2 Å². The molecule has 7 nitrogen and oxygen atoms in total. The molecule has 0 saturated heterocycles. The molecule has 0 fully saturated rings. The van der Waals surface area contributed by atoms with Crippen LogP contribution in [0.2, 0.25) is 0 Å². The van der Waals surface area contributed by atoms with Crippen molar-refractivity contribution in [3.05, 3.63) is 29.3 Å². The summed E-state index contributed by atoms with van der Waals surface area (Å²) in [5, 5.41) is 17.2. The molecular formula is C17H24N4O3. The molecule has 0 spiro atoms. The van der Waals surface area contributed by atoms with Crippen molar-refractivity contribution in [2.75, 3.05) is 18.9 Å². The van der Waals surface area contributed by atoms with Crippen molar-refractivity contribution in [2.45, 2.75) is 39.2 Å². The number of hydrogen-bond acceptors (Lipinski definition) is 4. The summed E-state index contributed by atoms with van der Waals surface area (Å²) in [4.78, 5) is 23.3. The van der Waals surface area contributed by atoms with Gasteiger partial charge in [-0.25, -0.2) is 9.59 Å². The number of amides is 3. The number of nitrogens with one attached hydrogen (secondary N) is 3. The zero-order valence-corrected chi connectivity index (χ0v) is 14.7. The summed E-state index contributed by atoms with van der Waals surface area (Å²) in [5.41, 5.74) is 1.50. The Labute approximate surface area is 142 Å². The Morgan fingerprint density at radius 2 is 2.00 bits per heavy atom. The Hall–Kier alpha value is -2.75. The van der Waals surface area contributed by atoms with E-state index in [4.69, 9.17) is 4.74 Å². The number of benzene rings is 1. The van der Waals surface area contributed by atoms with Gasteiger partial charge in [0.05, 0.1) is 12.0 Å². The van der Waals surface area contributed by atoms with Gasteiger partial charge in [-0.05, 0) is 39.3 Å². The zero-order valence-electron chi connectivity index (χ0n) is 14.7. The van der Waals surface area contributed by atoms with Gasteiger partial charge < -0.3 is 20.7 Å². The van der Waals surface area contributed by atoms with E-state index in [-0.39, 0.29) is 12.6 Å². The van der Waals surface area contributed by atoms with E-state index in [1.807, 2.05) is 19.1 Å². The minimum atomic E-state index is -0.621. The Morgan fingerprint density at radius 1 is 1.33 bits per heavy atom. The first-order valence-electron chi connectivity index (χ1n) is 7.62. The molecule has 0 heterocycles. The van der Waals surface area contributed by atoms with Crippen molar-refractivity contribution < 1.29 is 14.3 Å². The summed E-state index contributed by atoms with van der Waals surface area (Å²) >= 11 is 0. The Bertz CT molecular complexity index is 644. The normalized spacial score (nSPS) is 11.8. The van der Waals surface area contributed by atoms with Gasteiger partial charge in [-0.1, -0.05) is 17.7 Å². The van der Waals surface area contributed by atoms with E-state index in [1.54, 1.807) is 26.8 Å². The van der Waals surface area contributed by atoms with Crippen molar-refractivity contribution in [3.8, 4) is 6.07 Å². The smallest absolute Gasteiger partial charge is 0.407 e. The molecule has 0 saturated carbocycles. The van der Waals surface area contributed by atoms with Crippen molar-refractivity contribution in [1.29, 1.82) is 5.26 Å². The maximum Gasteiger partial charge on any atom is 0.407 e. The molecule has 0 bridgehead atoms. The van der Waals surface area contributed by atoms with E-state index in [9.17, 15) is 14.9 Å². The van der Waals surface area contributed by atoms with Crippen molar-refractivity contribution >= 4 is 17.8 Å². The zero-order chi connectivity index (χ0) is 18.3. The van der Waals surface area contributed by atoms with Crippen LogP contribution in [-0.4, -0.2) is 31.3 Å². The number of nitriles is 1. The van der Waals surface area contributed by atoms with E-state index >= 15 is 0 Å². The lowest BCUT2D eigenvalue weighted by molar-refractivity contribution is 0.0527. The second kappa shape index (κ2) is 8.20. The van der Waals surface area contributed by atoms with E-state index in [2.05, 4.69) is 22.0 Å². The monoisotopic (exact) mass is 332 g/mol. The first kappa shape index (κ1) is 19.3. The summed E-state index contributed by atoms with van der Waals surface area (Å²) in [6.07, 6.45) is -0.587. The lowest BCUT2D eigenvalue weighted by Gasteiger charge is -2.21. The van der Waals surface area contributed by atoms with Gasteiger partial charge in [0.1, 0.15) is 5.60 Å². The number of nitrogens with zero attached hydrogens (tertiary/aromatic N) is 1. The summed E-state index contributed by atoms with van der Waals surface area (Å²) < 4.78 is 5.17. The van der Waals surface area contributed by atoms with Gasteiger partial charge in [0.15, 0.2) is 0 Å². The van der Waals surface area contributed by atoms with Crippen LogP contribution in [0.4, 0.5) is 15.3 Å². The van der Waals surface area contributed by atoms with Crippen LogP contribution in [0.3, 0.4) is 0 Å². The van der Waals surface area contributed by atoms with Gasteiger partial charge in [-0.2, -0.15) is 5.26 Å². The maximum absolute atomic E-state index is 11.8. The number of rotatable bonds is 4. The van der Waals surface area contributed by atoms with Crippen molar-refractivity contribution in [3.63, 3.8) is 0 Å². The second-order valence-corrected chi connectivity index (χ2v) is 6.36. The number of carbonyl (C=O) groups excluding carboxylic acids is 2. The SMILES string of the molecule is CNC(=O)Nc1ccc(C)cc1C(C#N)CNC(=O)OC(C)(C)C. The molecule has 1 aromatic rings. The largest absolute Gasteiger partial charge is 0.444 e. The molecular weight excluding hydrogens is 308 g/mol. The molecule has 0 aliphatic heterocycles. The molecule has 130 valence electrons. The van der Waals surface area contributed by atoms with Gasteiger partial charge in [0.2, 0.25) is 0 Å². The quantitative estimate of drug-likeness (QED) is 0.788. The molecule has 7 heteroatoms. The maximum atomic E-state index is 11.8. The van der Waals surface area contributed by atoms with Gasteiger partial charge in [-0.15, -0.1) is 0 Å². The average Bonchev–Trinajstić information content (AvgIpc) is 2.48. The number of anilines is 1. The third-order valence-electron chi connectivity index (χ3n) is 3.06. The fourth-order valence-corrected chi connectivity index (χ4v) is 1.99. The van der Waals surface area contributed by atoms with Crippen LogP contribution in [0.25, 0.3) is 0 Å². The molecule has 0 aromatic heterocycles. The first-order chi connectivity index (χ1) is 11.2. The number of alkyl carbamates (subject to hydrolysis) is 1. The number of urea groups is 1. The predicted octanol–water partition coefficient (Wildman–Crippen LogP) is 2.88. The molecule has 0 radical (unpaired) electrons. The topological polar surface area (TPSA) is 103 Å². The molecule has 0 aliphatic carbocycles. The van der Waals surface area contributed by atoms with E-state index < -0.39 is 17.6 Å². The highest BCUT2D eigenvalue weighted by Crippen LogP contribution is 2.25. The molecule has 3 N–H and O–H groups in total. The van der Waals surface area contributed by atoms with E-state index in [0.717, 1.165) is 5.56 Å². The van der Waals surface area contributed by atoms with Gasteiger partial charge in [-0.3, -0.25) is 0 Å². The highest BCUT2D eigenvalue weighted by Gasteiger charge is 2.20. The van der Waals surface area contributed by atoms with Crippen LogP contribution in [0.5, 0.6) is 0 Å². The van der Waals surface area contributed by atoms with E-state index in [1.165, 1.54) is 7.05 Å². The van der Waals surface area contributed by atoms with Gasteiger partial charge in [0.25, 0.3) is 0 Å². The molecule has 0 aliphatic rings. The fourth-order valence-electron chi connectivity index (χ4n) is 1.99. The lowest BCUT2D eigenvalue weighted by Crippen LogP contribution is -2.35. The fraction of sp³-hybridized carbons (Fsp3) is 0.471. The third kappa shape index (κ3) is 6.16. The Balaban J connectivity index is 2.91. The van der Waals surface area contributed by atoms with Crippen LogP contribution in [-0.2, 0) is 4.74 Å². The molecule has 1 rings (SSSR count). The molecule has 3 amide bonds. The number of hydrogen-bond donors (Lipinski definition) is 3. The Morgan fingerprint density at radius 3 is 2.54 bits per heavy atom. The first-order valence-corrected chi connectivity index (χ1v) is 7.62. The second-order valence-electron chi connectivity index (χ2n) is 6.36. The summed E-state index contributed by atoms with van der Waals surface area (Å²) in [5.74, 6) is -0.621. The van der Waals surface area contributed by atoms with Crippen molar-refractivity contribution in [2.24, 2.45) is 0 Å². The number of aryl methyl sites for hydroxylation is 1. The molecule has 24 heavy (non-hydrogen) atoms. The van der Waals surface area contributed by atoms with Crippen LogP contribution in [0, 0.1) is 18.3 Å². The summed E-state index contributed by atoms with van der Waals surface area (Å²) in [6.45, 7) is 7.26. The van der Waals surface area contributed by atoms with Gasteiger partial charge in [0, 0.05) is 19.3 Å². The van der Waals surface area contributed by atoms with E-state index in [0.29, 0.717) is 11.3 Å². The van der Waals surface area contributed by atoms with Crippen LogP contribution in [0.1, 0.15) is 37.8 Å². The molecule has 1 unspecified atom stereocenters. The number of ether oxygens (including phenoxy) is 1. The predicted molar refractivity (Wildman–Crippen MR) is 91.8 cm³/mol. The minimum absolute atomic E-state index is 0.0806. The van der Waals surface area contributed by atoms with Gasteiger partial charge >= 0.3 is 12.1 Å². The van der Waals surface area contributed by atoms with Crippen LogP contribution >= 0.6 is 0 Å². The number of carbonyl (C=O) groups is 2. The molecule has 1 atom stereocenters. The Kier molecular flexibility index (Phi) is 6.59. The lowest BCUT2D eigenvalue weighted by atomic mass is 9.96. The standard InChI is InChI=1S/C17H24N4O3/c1-11-6-7-14(21-15(22)19-5)13(8-11)12(9-18)10-20-16(23)24-17(2,3)4/h6-8,12H,10H2,1-5H3,(H,20,23)(H2,19,21,22). The molecule has 1 aromatic carbocycles. The third-order valence-corrected chi connectivity index (χ3v) is 3.06. The van der Waals surface area contributed by atoms with Crippen LogP contribution < -0.4 is 16.0 Å². The highest BCUT2D eigenvalue weighted by atomic mass is 16.6.